The third kappa shape index (κ3) is 2.64. The topological polar surface area (TPSA) is 67.2 Å². The molecule has 0 atom stereocenters. The molecule has 2 amide bonds. The minimum absolute atomic E-state index is 0.0173. The SMILES string of the molecule is CNC(=O)C1CN(C(=O)CCn2ccnc2)C1. The van der Waals surface area contributed by atoms with Crippen LogP contribution in [0.15, 0.2) is 18.7 Å². The summed E-state index contributed by atoms with van der Waals surface area (Å²) in [6.45, 7) is 1.73. The van der Waals surface area contributed by atoms with Crippen LogP contribution < -0.4 is 5.32 Å². The van der Waals surface area contributed by atoms with E-state index in [1.807, 2.05) is 10.8 Å². The zero-order chi connectivity index (χ0) is 12.3. The first kappa shape index (κ1) is 11.6. The van der Waals surface area contributed by atoms with Crippen molar-refractivity contribution in [2.75, 3.05) is 20.1 Å². The zero-order valence-electron chi connectivity index (χ0n) is 9.80. The molecule has 0 bridgehead atoms. The number of carbonyl (C=O) groups excluding carboxylic acids is 2. The lowest BCUT2D eigenvalue weighted by Crippen LogP contribution is -2.55. The monoisotopic (exact) mass is 236 g/mol. The molecule has 0 spiro atoms. The highest BCUT2D eigenvalue weighted by atomic mass is 16.2. The van der Waals surface area contributed by atoms with E-state index < -0.39 is 0 Å². The molecular weight excluding hydrogens is 220 g/mol. The van der Waals surface area contributed by atoms with E-state index in [-0.39, 0.29) is 17.7 Å². The Kier molecular flexibility index (Phi) is 3.41. The van der Waals surface area contributed by atoms with E-state index in [1.165, 1.54) is 0 Å². The standard InChI is InChI=1S/C11H16N4O2/c1-12-11(17)9-6-15(7-9)10(16)2-4-14-5-3-13-8-14/h3,5,8-9H,2,4,6-7H2,1H3,(H,12,17). The van der Waals surface area contributed by atoms with Crippen LogP contribution in [-0.2, 0) is 16.1 Å². The van der Waals surface area contributed by atoms with Gasteiger partial charge in [0, 0.05) is 45.5 Å². The van der Waals surface area contributed by atoms with Gasteiger partial charge in [0.2, 0.25) is 11.8 Å². The van der Waals surface area contributed by atoms with Crippen LogP contribution >= 0.6 is 0 Å². The van der Waals surface area contributed by atoms with E-state index in [4.69, 9.17) is 0 Å². The van der Waals surface area contributed by atoms with Crippen LogP contribution in [0.2, 0.25) is 0 Å². The molecule has 6 nitrogen and oxygen atoms in total. The maximum atomic E-state index is 11.7. The maximum absolute atomic E-state index is 11.7. The van der Waals surface area contributed by atoms with E-state index in [9.17, 15) is 9.59 Å². The Labute approximate surface area is 99.6 Å². The van der Waals surface area contributed by atoms with Gasteiger partial charge >= 0.3 is 0 Å². The minimum atomic E-state index is -0.0304. The van der Waals surface area contributed by atoms with E-state index in [2.05, 4.69) is 10.3 Å². The number of hydrogen-bond donors (Lipinski definition) is 1. The van der Waals surface area contributed by atoms with Crippen molar-refractivity contribution in [2.45, 2.75) is 13.0 Å². The Morgan fingerprint density at radius 1 is 1.47 bits per heavy atom. The van der Waals surface area contributed by atoms with Crippen LogP contribution in [0.3, 0.4) is 0 Å². The van der Waals surface area contributed by atoms with Crippen molar-refractivity contribution in [1.82, 2.24) is 19.8 Å². The van der Waals surface area contributed by atoms with Crippen molar-refractivity contribution in [3.63, 3.8) is 0 Å². The first-order valence-electron chi connectivity index (χ1n) is 5.66. The minimum Gasteiger partial charge on any atom is -0.359 e. The van der Waals surface area contributed by atoms with E-state index in [0.29, 0.717) is 26.1 Å². The summed E-state index contributed by atoms with van der Waals surface area (Å²) in [5.74, 6) is 0.0831. The van der Waals surface area contributed by atoms with Gasteiger partial charge in [-0.25, -0.2) is 4.98 Å². The Balaban J connectivity index is 1.71. The second-order valence-corrected chi connectivity index (χ2v) is 4.16. The Morgan fingerprint density at radius 3 is 2.82 bits per heavy atom. The average Bonchev–Trinajstić information content (AvgIpc) is 2.76. The van der Waals surface area contributed by atoms with Crippen molar-refractivity contribution in [3.8, 4) is 0 Å². The average molecular weight is 236 g/mol. The molecule has 1 aliphatic heterocycles. The van der Waals surface area contributed by atoms with Gasteiger partial charge in [-0.15, -0.1) is 0 Å². The lowest BCUT2D eigenvalue weighted by atomic mass is 9.99. The van der Waals surface area contributed by atoms with Gasteiger partial charge in [-0.3, -0.25) is 9.59 Å². The molecule has 2 rings (SSSR count). The lowest BCUT2D eigenvalue weighted by molar-refractivity contribution is -0.142. The number of aryl methyl sites for hydroxylation is 1. The number of nitrogens with one attached hydrogen (secondary N) is 1. The van der Waals surface area contributed by atoms with E-state index >= 15 is 0 Å². The third-order valence-electron chi connectivity index (χ3n) is 2.99. The quantitative estimate of drug-likeness (QED) is 0.764. The van der Waals surface area contributed by atoms with Gasteiger partial charge in [0.1, 0.15) is 0 Å². The molecule has 1 aliphatic rings. The van der Waals surface area contributed by atoms with Crippen molar-refractivity contribution >= 4 is 11.8 Å². The number of hydrogen-bond acceptors (Lipinski definition) is 3. The second kappa shape index (κ2) is 4.99. The number of likely N-dealkylation sites (tertiary alicyclic amines) is 1. The summed E-state index contributed by atoms with van der Waals surface area (Å²) >= 11 is 0. The van der Waals surface area contributed by atoms with Crippen LogP contribution in [0, 0.1) is 5.92 Å². The number of nitrogens with zero attached hydrogens (tertiary/aromatic N) is 3. The smallest absolute Gasteiger partial charge is 0.226 e. The van der Waals surface area contributed by atoms with Gasteiger partial charge in [-0.2, -0.15) is 0 Å². The zero-order valence-corrected chi connectivity index (χ0v) is 9.80. The van der Waals surface area contributed by atoms with Crippen LogP contribution in [-0.4, -0.2) is 46.4 Å². The van der Waals surface area contributed by atoms with Crippen molar-refractivity contribution in [1.29, 1.82) is 0 Å². The molecule has 2 heterocycles. The highest BCUT2D eigenvalue weighted by Gasteiger charge is 2.34. The molecule has 1 saturated heterocycles. The molecular formula is C11H16N4O2. The molecule has 1 aromatic heterocycles. The largest absolute Gasteiger partial charge is 0.359 e. The summed E-state index contributed by atoms with van der Waals surface area (Å²) in [6, 6.07) is 0. The predicted molar refractivity (Wildman–Crippen MR) is 61.0 cm³/mol. The molecule has 17 heavy (non-hydrogen) atoms. The molecule has 1 aromatic rings. The number of rotatable bonds is 4. The number of aromatic nitrogens is 2. The molecule has 0 radical (unpaired) electrons. The van der Waals surface area contributed by atoms with Gasteiger partial charge in [-0.1, -0.05) is 0 Å². The first-order valence-corrected chi connectivity index (χ1v) is 5.66. The molecule has 0 saturated carbocycles. The molecule has 92 valence electrons. The Hall–Kier alpha value is -1.85. The Morgan fingerprint density at radius 2 is 2.24 bits per heavy atom. The summed E-state index contributed by atoms with van der Waals surface area (Å²) in [5, 5.41) is 2.59. The van der Waals surface area contributed by atoms with Gasteiger partial charge in [0.05, 0.1) is 12.2 Å². The maximum Gasteiger partial charge on any atom is 0.226 e. The number of imidazole rings is 1. The normalized spacial score (nSPS) is 15.5. The second-order valence-electron chi connectivity index (χ2n) is 4.16. The highest BCUT2D eigenvalue weighted by Crippen LogP contribution is 2.16. The molecule has 1 N–H and O–H groups in total. The third-order valence-corrected chi connectivity index (χ3v) is 2.99. The molecule has 0 unspecified atom stereocenters. The summed E-state index contributed by atoms with van der Waals surface area (Å²) < 4.78 is 1.87. The van der Waals surface area contributed by atoms with Gasteiger partial charge in [-0.05, 0) is 0 Å². The van der Waals surface area contributed by atoms with Crippen molar-refractivity contribution < 1.29 is 9.59 Å². The first-order chi connectivity index (χ1) is 8.20. The van der Waals surface area contributed by atoms with Gasteiger partial charge < -0.3 is 14.8 Å². The van der Waals surface area contributed by atoms with Crippen LogP contribution in [0.4, 0.5) is 0 Å². The van der Waals surface area contributed by atoms with E-state index in [0.717, 1.165) is 0 Å². The fourth-order valence-corrected chi connectivity index (χ4v) is 1.85. The van der Waals surface area contributed by atoms with Crippen molar-refractivity contribution in [2.24, 2.45) is 5.92 Å². The molecule has 6 heteroatoms. The highest BCUT2D eigenvalue weighted by molar-refractivity contribution is 5.84. The summed E-state index contributed by atoms with van der Waals surface area (Å²) in [6.07, 6.45) is 5.67. The summed E-state index contributed by atoms with van der Waals surface area (Å²) in [7, 11) is 1.62. The van der Waals surface area contributed by atoms with Crippen LogP contribution in [0.25, 0.3) is 0 Å². The van der Waals surface area contributed by atoms with Gasteiger partial charge in [0.15, 0.2) is 0 Å². The van der Waals surface area contributed by atoms with Crippen LogP contribution in [0.5, 0.6) is 0 Å². The van der Waals surface area contributed by atoms with Gasteiger partial charge in [0.25, 0.3) is 0 Å². The van der Waals surface area contributed by atoms with Crippen molar-refractivity contribution in [3.05, 3.63) is 18.7 Å². The molecule has 1 fully saturated rings. The fourth-order valence-electron chi connectivity index (χ4n) is 1.85. The number of amides is 2. The Bertz CT molecular complexity index is 396. The lowest BCUT2D eigenvalue weighted by Gasteiger charge is -2.38. The van der Waals surface area contributed by atoms with E-state index in [1.54, 1.807) is 24.5 Å². The summed E-state index contributed by atoms with van der Waals surface area (Å²) in [4.78, 5) is 28.6. The number of carbonyl (C=O) groups is 2. The fraction of sp³-hybridized carbons (Fsp3) is 0.545. The van der Waals surface area contributed by atoms with Crippen LogP contribution in [0.1, 0.15) is 6.42 Å². The molecule has 0 aromatic carbocycles. The molecule has 0 aliphatic carbocycles. The predicted octanol–water partition coefficient (Wildman–Crippen LogP) is -0.522. The summed E-state index contributed by atoms with van der Waals surface area (Å²) in [5.41, 5.74) is 0.